The summed E-state index contributed by atoms with van der Waals surface area (Å²) in [7, 11) is 0. The lowest BCUT2D eigenvalue weighted by atomic mass is 9.92. The molecule has 0 saturated carbocycles. The van der Waals surface area contributed by atoms with Gasteiger partial charge in [0, 0.05) is 40.3 Å². The third-order valence-corrected chi connectivity index (χ3v) is 8.96. The van der Waals surface area contributed by atoms with E-state index in [-0.39, 0.29) is 5.97 Å². The van der Waals surface area contributed by atoms with E-state index in [1.807, 2.05) is 51.7 Å². The van der Waals surface area contributed by atoms with Gasteiger partial charge in [-0.25, -0.2) is 4.98 Å². The van der Waals surface area contributed by atoms with Crippen molar-refractivity contribution in [2.75, 3.05) is 31.1 Å². The summed E-state index contributed by atoms with van der Waals surface area (Å²) in [5, 5.41) is 4.20. The van der Waals surface area contributed by atoms with Gasteiger partial charge >= 0.3 is 5.97 Å². The molecular weight excluding hydrogens is 618 g/mol. The van der Waals surface area contributed by atoms with Gasteiger partial charge in [-0.2, -0.15) is 0 Å². The van der Waals surface area contributed by atoms with Gasteiger partial charge in [-0.1, -0.05) is 17.3 Å². The maximum Gasteiger partial charge on any atom is 0.320 e. The Morgan fingerprint density at radius 1 is 1.11 bits per heavy atom. The summed E-state index contributed by atoms with van der Waals surface area (Å²) >= 11 is 3.83. The number of likely N-dealkylation sites (tertiary alicyclic amines) is 1. The molecule has 9 heteroatoms. The molecule has 5 rings (SSSR count). The fourth-order valence-corrected chi connectivity index (χ4v) is 6.71. The van der Waals surface area contributed by atoms with Crippen molar-refractivity contribution in [3.63, 3.8) is 0 Å². The molecule has 0 spiro atoms. The number of nitrogens with zero attached hydrogens (tertiary/aromatic N) is 5. The first-order valence-corrected chi connectivity index (χ1v) is 16.3. The van der Waals surface area contributed by atoms with Crippen LogP contribution in [0.5, 0.6) is 0 Å². The van der Waals surface area contributed by atoms with Crippen molar-refractivity contribution < 1.29 is 14.1 Å². The fourth-order valence-electron chi connectivity index (χ4n) is 6.14. The molecular formula is C35H44BrN5O3. The molecule has 0 radical (unpaired) electrons. The van der Waals surface area contributed by atoms with Crippen LogP contribution in [-0.2, 0) is 9.53 Å². The van der Waals surface area contributed by atoms with Gasteiger partial charge < -0.3 is 18.7 Å². The summed E-state index contributed by atoms with van der Waals surface area (Å²) in [5.41, 5.74) is 7.19. The molecule has 2 aromatic heterocycles. The third kappa shape index (κ3) is 7.80. The number of aryl methyl sites for hydroxylation is 3. The van der Waals surface area contributed by atoms with Crippen LogP contribution in [0, 0.1) is 26.7 Å². The van der Waals surface area contributed by atoms with Crippen molar-refractivity contribution in [1.82, 2.24) is 19.6 Å². The maximum atomic E-state index is 12.3. The number of rotatable bonds is 10. The zero-order valence-electron chi connectivity index (χ0n) is 26.8. The van der Waals surface area contributed by atoms with Crippen LogP contribution in [0.2, 0.25) is 0 Å². The predicted molar refractivity (Wildman–Crippen MR) is 179 cm³/mol. The maximum absolute atomic E-state index is 12.3. The van der Waals surface area contributed by atoms with E-state index in [9.17, 15) is 4.79 Å². The van der Waals surface area contributed by atoms with Crippen LogP contribution in [0.25, 0.3) is 16.8 Å². The quantitative estimate of drug-likeness (QED) is 0.159. The number of piperidine rings is 1. The number of hydrogen-bond donors (Lipinski definition) is 0. The molecule has 0 aliphatic carbocycles. The summed E-state index contributed by atoms with van der Waals surface area (Å²) in [4.78, 5) is 21.2. The van der Waals surface area contributed by atoms with E-state index in [0.717, 1.165) is 83.7 Å². The fraction of sp³-hybridized carbons (Fsp3) is 0.457. The third-order valence-electron chi connectivity index (χ3n) is 8.32. The molecule has 2 aromatic carbocycles. The van der Waals surface area contributed by atoms with Crippen molar-refractivity contribution in [3.8, 4) is 16.8 Å². The Kier molecular flexibility index (Phi) is 9.95. The molecule has 0 atom stereocenters. The van der Waals surface area contributed by atoms with Crippen molar-refractivity contribution in [2.24, 2.45) is 5.92 Å². The number of hydrogen-bond acceptors (Lipinski definition) is 7. The molecule has 1 saturated heterocycles. The van der Waals surface area contributed by atoms with Crippen LogP contribution in [-0.4, -0.2) is 57.4 Å². The number of anilines is 2. The number of ether oxygens (including phenoxy) is 1. The second kappa shape index (κ2) is 13.7. The monoisotopic (exact) mass is 661 g/mol. The van der Waals surface area contributed by atoms with Crippen LogP contribution in [0.1, 0.15) is 63.5 Å². The van der Waals surface area contributed by atoms with Gasteiger partial charge in [-0.3, -0.25) is 9.69 Å². The lowest BCUT2D eigenvalue weighted by Gasteiger charge is -2.33. The van der Waals surface area contributed by atoms with Gasteiger partial charge in [0.15, 0.2) is 0 Å². The Bertz CT molecular complexity index is 1550. The molecule has 0 N–H and O–H groups in total. The van der Waals surface area contributed by atoms with Crippen LogP contribution >= 0.6 is 15.9 Å². The van der Waals surface area contributed by atoms with E-state index >= 15 is 0 Å². The first-order valence-electron chi connectivity index (χ1n) is 15.5. The van der Waals surface area contributed by atoms with Gasteiger partial charge in [0.05, 0.1) is 24.3 Å². The minimum Gasteiger partial charge on any atom is -0.459 e. The summed E-state index contributed by atoms with van der Waals surface area (Å²) in [6.07, 6.45) is 9.97. The average molecular weight is 663 g/mol. The second-order valence-electron chi connectivity index (χ2n) is 12.9. The van der Waals surface area contributed by atoms with Crippen LogP contribution in [0.3, 0.4) is 0 Å². The molecule has 234 valence electrons. The Morgan fingerprint density at radius 2 is 1.89 bits per heavy atom. The highest BCUT2D eigenvalue weighted by atomic mass is 79.9. The van der Waals surface area contributed by atoms with Crippen LogP contribution in [0.15, 0.2) is 64.1 Å². The van der Waals surface area contributed by atoms with E-state index in [1.165, 1.54) is 11.3 Å². The lowest BCUT2D eigenvalue weighted by Crippen LogP contribution is -2.39. The van der Waals surface area contributed by atoms with Crippen molar-refractivity contribution in [1.29, 1.82) is 0 Å². The molecule has 8 nitrogen and oxygen atoms in total. The molecule has 0 amide bonds. The minimum atomic E-state index is -0.443. The number of carbonyl (C=O) groups excluding carboxylic acids is 1. The topological polar surface area (TPSA) is 76.6 Å². The van der Waals surface area contributed by atoms with E-state index in [4.69, 9.17) is 9.26 Å². The highest BCUT2D eigenvalue weighted by molar-refractivity contribution is 9.10. The number of benzene rings is 2. The highest BCUT2D eigenvalue weighted by Gasteiger charge is 2.24. The number of aromatic nitrogens is 3. The summed E-state index contributed by atoms with van der Waals surface area (Å²) in [6.45, 7) is 15.0. The van der Waals surface area contributed by atoms with Gasteiger partial charge in [-0.15, -0.1) is 0 Å². The molecule has 4 aromatic rings. The second-order valence-corrected chi connectivity index (χ2v) is 13.8. The Balaban J connectivity index is 1.32. The van der Waals surface area contributed by atoms with Crippen molar-refractivity contribution >= 4 is 33.3 Å². The Labute approximate surface area is 269 Å². The summed E-state index contributed by atoms with van der Waals surface area (Å²) in [6, 6.07) is 13.2. The SMILES string of the molecule is Cc1ccc(-c2c(C)noc2C)cc1N(CCCC1CCN(CC(=O)OC(C)(C)C)CC1)c1ccc(-n2ccnc2)c(Br)c1. The van der Waals surface area contributed by atoms with Crippen molar-refractivity contribution in [3.05, 3.63) is 76.6 Å². The number of imidazole rings is 1. The van der Waals surface area contributed by atoms with Crippen LogP contribution < -0.4 is 4.90 Å². The predicted octanol–water partition coefficient (Wildman–Crippen LogP) is 8.19. The number of esters is 1. The standard InChI is InChI=1S/C35H44BrN5O3/c1-24-9-10-28(34-25(2)38-44-26(34)3)20-32(24)41(29-11-12-31(30(36)21-29)40-19-15-37-23-40)16-7-8-27-13-17-39(18-14-27)22-33(42)43-35(4,5)6/h9-12,15,19-21,23,27H,7-8,13-14,16-18,22H2,1-6H3. The molecule has 1 fully saturated rings. The highest BCUT2D eigenvalue weighted by Crippen LogP contribution is 2.37. The first-order chi connectivity index (χ1) is 21.0. The normalized spacial score (nSPS) is 14.6. The molecule has 44 heavy (non-hydrogen) atoms. The molecule has 3 heterocycles. The van der Waals surface area contributed by atoms with Crippen molar-refractivity contribution in [2.45, 2.75) is 72.8 Å². The first kappa shape index (κ1) is 32.0. The van der Waals surface area contributed by atoms with Gasteiger partial charge in [0.25, 0.3) is 0 Å². The van der Waals surface area contributed by atoms with Gasteiger partial charge in [0.1, 0.15) is 11.4 Å². The van der Waals surface area contributed by atoms with Gasteiger partial charge in [-0.05, 0) is 138 Å². The van der Waals surface area contributed by atoms with E-state index in [2.05, 4.69) is 79.2 Å². The van der Waals surface area contributed by atoms with E-state index < -0.39 is 5.60 Å². The summed E-state index contributed by atoms with van der Waals surface area (Å²) < 4.78 is 14.1. The summed E-state index contributed by atoms with van der Waals surface area (Å²) in [5.74, 6) is 1.34. The van der Waals surface area contributed by atoms with Crippen LogP contribution in [0.4, 0.5) is 11.4 Å². The smallest absolute Gasteiger partial charge is 0.320 e. The largest absolute Gasteiger partial charge is 0.459 e. The number of halogens is 1. The zero-order valence-corrected chi connectivity index (χ0v) is 28.4. The molecule has 0 unspecified atom stereocenters. The Morgan fingerprint density at radius 3 is 2.52 bits per heavy atom. The average Bonchev–Trinajstić information content (AvgIpc) is 3.61. The minimum absolute atomic E-state index is 0.133. The molecule has 1 aliphatic rings. The Hall–Kier alpha value is -3.43. The molecule has 1 aliphatic heterocycles. The van der Waals surface area contributed by atoms with E-state index in [0.29, 0.717) is 12.5 Å². The lowest BCUT2D eigenvalue weighted by molar-refractivity contribution is -0.156. The molecule has 0 bridgehead atoms. The zero-order chi connectivity index (χ0) is 31.4. The van der Waals surface area contributed by atoms with Gasteiger partial charge in [0.2, 0.25) is 0 Å². The number of carbonyl (C=O) groups is 1. The van der Waals surface area contributed by atoms with E-state index in [1.54, 1.807) is 6.20 Å².